The van der Waals surface area contributed by atoms with E-state index in [1.807, 2.05) is 6.07 Å². The Morgan fingerprint density at radius 3 is 2.65 bits per heavy atom. The zero-order chi connectivity index (χ0) is 18.8. The number of aryl methyl sites for hydroxylation is 1. The van der Waals surface area contributed by atoms with Gasteiger partial charge in [-0.05, 0) is 24.3 Å². The van der Waals surface area contributed by atoms with Crippen LogP contribution in [0.4, 0.5) is 0 Å². The number of amides is 1. The van der Waals surface area contributed by atoms with Crippen LogP contribution in [0.5, 0.6) is 5.75 Å². The number of hydrogen-bond donors (Lipinski definition) is 3. The standard InChI is InChI=1S/C18H15N3O5/c1-21-13-6-5-10(12-4-2-3-7-19-12)8-11(13)16(24)15(18(21)26)17(25)20-9-14(22)23/h2-8,24H,9H2,1H3,(H,20,25)(H,22,23). The number of aromatic nitrogens is 2. The predicted octanol–water partition coefficient (Wildman–Crippen LogP) is 1.12. The Labute approximate surface area is 147 Å². The number of aliphatic carboxylic acids is 1. The second-order valence-corrected chi connectivity index (χ2v) is 5.61. The van der Waals surface area contributed by atoms with E-state index in [2.05, 4.69) is 10.3 Å². The molecule has 0 fully saturated rings. The van der Waals surface area contributed by atoms with Crippen molar-refractivity contribution < 1.29 is 19.8 Å². The average molecular weight is 353 g/mol. The van der Waals surface area contributed by atoms with Crippen LogP contribution in [0.3, 0.4) is 0 Å². The number of carboxylic acid groups (broad SMARTS) is 1. The van der Waals surface area contributed by atoms with Gasteiger partial charge in [-0.1, -0.05) is 12.1 Å². The minimum absolute atomic E-state index is 0.288. The smallest absolute Gasteiger partial charge is 0.322 e. The van der Waals surface area contributed by atoms with E-state index in [9.17, 15) is 19.5 Å². The number of benzene rings is 1. The van der Waals surface area contributed by atoms with Crippen LogP contribution in [-0.4, -0.2) is 38.2 Å². The number of carbonyl (C=O) groups excluding carboxylic acids is 1. The quantitative estimate of drug-likeness (QED) is 0.646. The molecular formula is C18H15N3O5. The van der Waals surface area contributed by atoms with E-state index in [0.717, 1.165) is 0 Å². The summed E-state index contributed by atoms with van der Waals surface area (Å²) in [6.45, 7) is -0.659. The van der Waals surface area contributed by atoms with E-state index in [4.69, 9.17) is 5.11 Å². The van der Waals surface area contributed by atoms with Crippen molar-refractivity contribution in [1.29, 1.82) is 0 Å². The molecule has 0 bridgehead atoms. The van der Waals surface area contributed by atoms with Crippen molar-refractivity contribution in [3.63, 3.8) is 0 Å². The van der Waals surface area contributed by atoms with Gasteiger partial charge in [0.1, 0.15) is 17.9 Å². The van der Waals surface area contributed by atoms with Gasteiger partial charge in [0.05, 0.1) is 11.2 Å². The number of nitrogens with one attached hydrogen (secondary N) is 1. The lowest BCUT2D eigenvalue weighted by molar-refractivity contribution is -0.135. The Bertz CT molecular complexity index is 1070. The van der Waals surface area contributed by atoms with Crippen LogP contribution in [0.2, 0.25) is 0 Å². The molecule has 3 rings (SSSR count). The van der Waals surface area contributed by atoms with Crippen LogP contribution in [0.25, 0.3) is 22.2 Å². The molecule has 0 saturated heterocycles. The lowest BCUT2D eigenvalue weighted by Gasteiger charge is -2.12. The molecule has 2 aromatic heterocycles. The highest BCUT2D eigenvalue weighted by molar-refractivity contribution is 6.03. The third kappa shape index (κ3) is 3.00. The molecule has 0 aliphatic rings. The summed E-state index contributed by atoms with van der Waals surface area (Å²) in [7, 11) is 1.47. The topological polar surface area (TPSA) is 122 Å². The third-order valence-corrected chi connectivity index (χ3v) is 3.96. The first-order valence-electron chi connectivity index (χ1n) is 7.67. The fourth-order valence-electron chi connectivity index (χ4n) is 2.67. The zero-order valence-corrected chi connectivity index (χ0v) is 13.8. The predicted molar refractivity (Wildman–Crippen MR) is 94.1 cm³/mol. The molecule has 0 aliphatic heterocycles. The van der Waals surface area contributed by atoms with Gasteiger partial charge in [-0.25, -0.2) is 0 Å². The molecule has 1 aromatic carbocycles. The molecule has 132 valence electrons. The molecule has 0 atom stereocenters. The van der Waals surface area contributed by atoms with E-state index in [-0.39, 0.29) is 5.39 Å². The van der Waals surface area contributed by atoms with Gasteiger partial charge in [-0.3, -0.25) is 19.4 Å². The van der Waals surface area contributed by atoms with E-state index in [0.29, 0.717) is 16.8 Å². The van der Waals surface area contributed by atoms with Crippen molar-refractivity contribution in [3.8, 4) is 17.0 Å². The summed E-state index contributed by atoms with van der Waals surface area (Å²) in [5.74, 6) is -2.70. The van der Waals surface area contributed by atoms with Gasteiger partial charge >= 0.3 is 5.97 Å². The number of aromatic hydroxyl groups is 1. The van der Waals surface area contributed by atoms with Gasteiger partial charge < -0.3 is 20.1 Å². The number of pyridine rings is 2. The highest BCUT2D eigenvalue weighted by atomic mass is 16.4. The lowest BCUT2D eigenvalue weighted by Crippen LogP contribution is -2.35. The molecule has 2 heterocycles. The largest absolute Gasteiger partial charge is 0.506 e. The van der Waals surface area contributed by atoms with Crippen LogP contribution in [0.1, 0.15) is 10.4 Å². The molecule has 0 spiro atoms. The molecule has 1 amide bonds. The molecule has 8 nitrogen and oxygen atoms in total. The van der Waals surface area contributed by atoms with Gasteiger partial charge in [0.15, 0.2) is 0 Å². The molecule has 0 saturated carbocycles. The van der Waals surface area contributed by atoms with Crippen LogP contribution < -0.4 is 10.9 Å². The highest BCUT2D eigenvalue weighted by Crippen LogP contribution is 2.30. The number of carboxylic acids is 1. The monoisotopic (exact) mass is 353 g/mol. The summed E-state index contributed by atoms with van der Waals surface area (Å²) in [5.41, 5.74) is 0.577. The van der Waals surface area contributed by atoms with Crippen molar-refractivity contribution >= 4 is 22.8 Å². The Morgan fingerprint density at radius 1 is 1.23 bits per heavy atom. The van der Waals surface area contributed by atoms with E-state index >= 15 is 0 Å². The summed E-state index contributed by atoms with van der Waals surface area (Å²) in [5, 5.41) is 21.6. The fourth-order valence-corrected chi connectivity index (χ4v) is 2.67. The minimum Gasteiger partial charge on any atom is -0.506 e. The van der Waals surface area contributed by atoms with E-state index in [1.54, 1.807) is 36.5 Å². The summed E-state index contributed by atoms with van der Waals surface area (Å²) in [4.78, 5) is 39.5. The first-order chi connectivity index (χ1) is 12.4. The minimum atomic E-state index is -1.26. The summed E-state index contributed by atoms with van der Waals surface area (Å²) >= 11 is 0. The van der Waals surface area contributed by atoms with Crippen molar-refractivity contribution in [3.05, 3.63) is 58.5 Å². The van der Waals surface area contributed by atoms with Gasteiger partial charge in [-0.2, -0.15) is 0 Å². The second-order valence-electron chi connectivity index (χ2n) is 5.61. The molecule has 0 aliphatic carbocycles. The van der Waals surface area contributed by atoms with E-state index in [1.165, 1.54) is 11.6 Å². The first kappa shape index (κ1) is 17.2. The normalized spacial score (nSPS) is 10.7. The third-order valence-electron chi connectivity index (χ3n) is 3.96. The Hall–Kier alpha value is -3.68. The van der Waals surface area contributed by atoms with Crippen LogP contribution >= 0.6 is 0 Å². The highest BCUT2D eigenvalue weighted by Gasteiger charge is 2.21. The second kappa shape index (κ2) is 6.67. The van der Waals surface area contributed by atoms with Gasteiger partial charge in [-0.15, -0.1) is 0 Å². The average Bonchev–Trinajstić information content (AvgIpc) is 2.65. The molecule has 0 radical (unpaired) electrons. The zero-order valence-electron chi connectivity index (χ0n) is 13.8. The van der Waals surface area contributed by atoms with Gasteiger partial charge in [0.2, 0.25) is 0 Å². The maximum Gasteiger partial charge on any atom is 0.322 e. The SMILES string of the molecule is Cn1c(=O)c(C(=O)NCC(=O)O)c(O)c2cc(-c3ccccn3)ccc21. The summed E-state index contributed by atoms with van der Waals surface area (Å²) in [6, 6.07) is 10.4. The maximum atomic E-state index is 12.4. The van der Waals surface area contributed by atoms with Crippen LogP contribution in [-0.2, 0) is 11.8 Å². The molecule has 3 aromatic rings. The maximum absolute atomic E-state index is 12.4. The lowest BCUT2D eigenvalue weighted by atomic mass is 10.0. The number of rotatable bonds is 4. The Morgan fingerprint density at radius 2 is 2.00 bits per heavy atom. The molecule has 3 N–H and O–H groups in total. The first-order valence-corrected chi connectivity index (χ1v) is 7.67. The Balaban J connectivity index is 2.19. The van der Waals surface area contributed by atoms with Gasteiger partial charge in [0, 0.05) is 24.2 Å². The molecular weight excluding hydrogens is 338 g/mol. The number of carbonyl (C=O) groups is 2. The number of nitrogens with zero attached hydrogens (tertiary/aromatic N) is 2. The fraction of sp³-hybridized carbons (Fsp3) is 0.111. The van der Waals surface area contributed by atoms with Crippen molar-refractivity contribution in [2.24, 2.45) is 7.05 Å². The van der Waals surface area contributed by atoms with Gasteiger partial charge in [0.25, 0.3) is 11.5 Å². The van der Waals surface area contributed by atoms with Crippen molar-refractivity contribution in [1.82, 2.24) is 14.9 Å². The Kier molecular flexibility index (Phi) is 4.40. The van der Waals surface area contributed by atoms with Crippen molar-refractivity contribution in [2.75, 3.05) is 6.54 Å². The number of fused-ring (bicyclic) bond motifs is 1. The summed E-state index contributed by atoms with van der Waals surface area (Å²) in [6.07, 6.45) is 1.63. The van der Waals surface area contributed by atoms with Crippen LogP contribution in [0, 0.1) is 0 Å². The molecule has 0 unspecified atom stereocenters. The number of hydrogen-bond acceptors (Lipinski definition) is 5. The van der Waals surface area contributed by atoms with Crippen LogP contribution in [0.15, 0.2) is 47.4 Å². The molecule has 8 heteroatoms. The molecule has 26 heavy (non-hydrogen) atoms. The van der Waals surface area contributed by atoms with E-state index < -0.39 is 35.3 Å². The summed E-state index contributed by atoms with van der Waals surface area (Å²) < 4.78 is 1.23. The van der Waals surface area contributed by atoms with Crippen molar-refractivity contribution in [2.45, 2.75) is 0 Å².